The van der Waals surface area contributed by atoms with Crippen LogP contribution in [0.1, 0.15) is 50.5 Å². The minimum Gasteiger partial charge on any atom is -0.465 e. The highest BCUT2D eigenvalue weighted by atomic mass is 16.4. The number of nitrogens with one attached hydrogen (secondary N) is 1. The molecule has 30 heavy (non-hydrogen) atoms. The van der Waals surface area contributed by atoms with Crippen LogP contribution in [0, 0.1) is 23.7 Å². The van der Waals surface area contributed by atoms with Crippen LogP contribution in [0.5, 0.6) is 0 Å². The van der Waals surface area contributed by atoms with Crippen LogP contribution in [0.3, 0.4) is 0 Å². The Morgan fingerprint density at radius 2 is 1.60 bits per heavy atom. The third kappa shape index (κ3) is 2.75. The zero-order chi connectivity index (χ0) is 20.5. The summed E-state index contributed by atoms with van der Waals surface area (Å²) in [4.78, 5) is 28.3. The van der Waals surface area contributed by atoms with Crippen molar-refractivity contribution in [2.45, 2.75) is 56.4 Å². The first kappa shape index (κ1) is 18.5. The van der Waals surface area contributed by atoms with E-state index in [9.17, 15) is 14.7 Å². The molecule has 1 aromatic carbocycles. The van der Waals surface area contributed by atoms with Gasteiger partial charge >= 0.3 is 12.1 Å². The molecule has 2 heterocycles. The van der Waals surface area contributed by atoms with E-state index in [-0.39, 0.29) is 11.4 Å². The van der Waals surface area contributed by atoms with E-state index in [4.69, 9.17) is 0 Å². The molecular formula is C24H31N3O3. The minimum atomic E-state index is -0.888. The third-order valence-electron chi connectivity index (χ3n) is 8.98. The van der Waals surface area contributed by atoms with Crippen LogP contribution in [-0.2, 0) is 5.41 Å². The topological polar surface area (TPSA) is 72.9 Å². The molecule has 1 spiro atoms. The van der Waals surface area contributed by atoms with Crippen molar-refractivity contribution in [1.29, 1.82) is 0 Å². The first-order chi connectivity index (χ1) is 14.5. The average molecular weight is 410 g/mol. The summed E-state index contributed by atoms with van der Waals surface area (Å²) in [5.74, 6) is 3.20. The molecule has 6 heteroatoms. The van der Waals surface area contributed by atoms with Gasteiger partial charge in [0, 0.05) is 31.1 Å². The van der Waals surface area contributed by atoms with Gasteiger partial charge in [-0.3, -0.25) is 4.90 Å². The van der Waals surface area contributed by atoms with E-state index in [2.05, 4.69) is 11.4 Å². The lowest BCUT2D eigenvalue weighted by Gasteiger charge is -2.54. The number of hydrogen-bond acceptors (Lipinski definition) is 2. The van der Waals surface area contributed by atoms with Crippen molar-refractivity contribution in [3.8, 4) is 0 Å². The molecule has 0 atom stereocenters. The van der Waals surface area contributed by atoms with Crippen LogP contribution in [0.25, 0.3) is 0 Å². The number of fused-ring (bicyclic) bond motifs is 2. The monoisotopic (exact) mass is 409 g/mol. The normalized spacial score (nSPS) is 35.5. The first-order valence-corrected chi connectivity index (χ1v) is 11.7. The average Bonchev–Trinajstić information content (AvgIpc) is 3.05. The molecule has 2 N–H and O–H groups in total. The molecule has 6 aliphatic rings. The van der Waals surface area contributed by atoms with Gasteiger partial charge in [-0.1, -0.05) is 18.2 Å². The Bertz CT molecular complexity index is 848. The van der Waals surface area contributed by atoms with Crippen molar-refractivity contribution in [1.82, 2.24) is 10.2 Å². The Labute approximate surface area is 177 Å². The lowest BCUT2D eigenvalue weighted by Crippen LogP contribution is -2.59. The summed E-state index contributed by atoms with van der Waals surface area (Å²) >= 11 is 0. The predicted molar refractivity (Wildman–Crippen MR) is 114 cm³/mol. The summed E-state index contributed by atoms with van der Waals surface area (Å²) in [6, 6.07) is 8.35. The molecule has 4 saturated carbocycles. The van der Waals surface area contributed by atoms with Gasteiger partial charge in [-0.25, -0.2) is 9.59 Å². The minimum absolute atomic E-state index is 0.101. The Balaban J connectivity index is 1.13. The molecule has 0 radical (unpaired) electrons. The number of anilines is 1. The van der Waals surface area contributed by atoms with E-state index >= 15 is 0 Å². The Hall–Kier alpha value is -2.24. The van der Waals surface area contributed by atoms with E-state index in [1.165, 1.54) is 37.0 Å². The molecule has 1 saturated heterocycles. The van der Waals surface area contributed by atoms with Crippen molar-refractivity contribution >= 4 is 17.8 Å². The number of amides is 3. The van der Waals surface area contributed by atoms with Crippen molar-refractivity contribution < 1.29 is 14.7 Å². The second-order valence-electron chi connectivity index (χ2n) is 10.6. The summed E-state index contributed by atoms with van der Waals surface area (Å²) in [5.41, 5.74) is 1.79. The number of likely N-dealkylation sites (tertiary alicyclic amines) is 1. The number of rotatable bonds is 1. The maximum Gasteiger partial charge on any atom is 0.411 e. The number of carbonyl (C=O) groups excluding carboxylic acids is 1. The SMILES string of the molecule is O=C(NC1C2CC3CC(C2)CC1C3)N1CCC2(CC1)CN(C(=O)O)c1ccccc12. The molecule has 1 aromatic rings. The van der Waals surface area contributed by atoms with Crippen LogP contribution in [-0.4, -0.2) is 47.8 Å². The van der Waals surface area contributed by atoms with Gasteiger partial charge < -0.3 is 15.3 Å². The van der Waals surface area contributed by atoms with Crippen LogP contribution in [0.4, 0.5) is 15.3 Å². The molecule has 6 nitrogen and oxygen atoms in total. The number of benzene rings is 1. The van der Waals surface area contributed by atoms with Gasteiger partial charge in [0.15, 0.2) is 0 Å². The van der Waals surface area contributed by atoms with E-state index in [0.29, 0.717) is 37.5 Å². The number of para-hydroxylation sites is 1. The number of piperidine rings is 1. The van der Waals surface area contributed by atoms with Crippen LogP contribution < -0.4 is 10.2 Å². The molecule has 7 rings (SSSR count). The maximum atomic E-state index is 13.1. The molecular weight excluding hydrogens is 378 g/mol. The van der Waals surface area contributed by atoms with Crippen molar-refractivity contribution in [3.63, 3.8) is 0 Å². The fraction of sp³-hybridized carbons (Fsp3) is 0.667. The molecule has 3 amide bonds. The molecule has 4 aliphatic carbocycles. The molecule has 0 aromatic heterocycles. The zero-order valence-electron chi connectivity index (χ0n) is 17.4. The van der Waals surface area contributed by atoms with E-state index in [0.717, 1.165) is 35.9 Å². The molecule has 2 aliphatic heterocycles. The van der Waals surface area contributed by atoms with Crippen molar-refractivity contribution in [2.24, 2.45) is 23.7 Å². The fourth-order valence-corrected chi connectivity index (χ4v) is 7.76. The first-order valence-electron chi connectivity index (χ1n) is 11.7. The van der Waals surface area contributed by atoms with Gasteiger partial charge in [0.25, 0.3) is 0 Å². The fourth-order valence-electron chi connectivity index (χ4n) is 7.76. The summed E-state index contributed by atoms with van der Waals surface area (Å²) in [6.45, 7) is 1.90. The van der Waals surface area contributed by atoms with Crippen LogP contribution in [0.2, 0.25) is 0 Å². The largest absolute Gasteiger partial charge is 0.465 e. The highest BCUT2D eigenvalue weighted by Crippen LogP contribution is 2.54. The number of carbonyl (C=O) groups is 2. The van der Waals surface area contributed by atoms with Crippen molar-refractivity contribution in [2.75, 3.05) is 24.5 Å². The van der Waals surface area contributed by atoms with E-state index < -0.39 is 6.09 Å². The van der Waals surface area contributed by atoms with E-state index in [1.807, 2.05) is 23.1 Å². The van der Waals surface area contributed by atoms with Crippen LogP contribution in [0.15, 0.2) is 24.3 Å². The second-order valence-corrected chi connectivity index (χ2v) is 10.6. The predicted octanol–water partition coefficient (Wildman–Crippen LogP) is 4.05. The van der Waals surface area contributed by atoms with Gasteiger partial charge in [-0.05, 0) is 80.2 Å². The maximum absolute atomic E-state index is 13.1. The quantitative estimate of drug-likeness (QED) is 0.735. The smallest absolute Gasteiger partial charge is 0.411 e. The van der Waals surface area contributed by atoms with Gasteiger partial charge in [-0.2, -0.15) is 0 Å². The van der Waals surface area contributed by atoms with E-state index in [1.54, 1.807) is 0 Å². The molecule has 0 unspecified atom stereocenters. The lowest BCUT2D eigenvalue weighted by atomic mass is 9.54. The third-order valence-corrected chi connectivity index (χ3v) is 8.98. The highest BCUT2D eigenvalue weighted by Gasteiger charge is 2.50. The summed E-state index contributed by atoms with van der Waals surface area (Å²) in [5, 5.41) is 13.1. The van der Waals surface area contributed by atoms with Crippen LogP contribution >= 0.6 is 0 Å². The number of hydrogen-bond donors (Lipinski definition) is 2. The number of urea groups is 1. The Morgan fingerprint density at radius 3 is 2.23 bits per heavy atom. The molecule has 5 fully saturated rings. The van der Waals surface area contributed by atoms with Gasteiger partial charge in [0.1, 0.15) is 0 Å². The molecule has 4 bridgehead atoms. The van der Waals surface area contributed by atoms with Gasteiger partial charge in [0.2, 0.25) is 0 Å². The number of carboxylic acid groups (broad SMARTS) is 1. The highest BCUT2D eigenvalue weighted by molar-refractivity contribution is 5.90. The summed E-state index contributed by atoms with van der Waals surface area (Å²) < 4.78 is 0. The van der Waals surface area contributed by atoms with Gasteiger partial charge in [-0.15, -0.1) is 0 Å². The zero-order valence-corrected chi connectivity index (χ0v) is 17.4. The summed E-state index contributed by atoms with van der Waals surface area (Å²) in [6.07, 6.45) is 7.42. The second kappa shape index (κ2) is 6.63. The Morgan fingerprint density at radius 1 is 0.967 bits per heavy atom. The summed E-state index contributed by atoms with van der Waals surface area (Å²) in [7, 11) is 0. The standard InChI is InChI=1S/C24H31N3O3/c28-22(25-21-17-10-15-9-16(12-17)13-18(21)11-15)26-7-5-24(6-8-26)14-27(23(29)30)20-4-2-1-3-19(20)24/h1-4,15-18,21H,5-14H2,(H,25,28)(H,29,30). The molecule has 160 valence electrons. The Kier molecular flexibility index (Phi) is 4.09. The van der Waals surface area contributed by atoms with Crippen molar-refractivity contribution in [3.05, 3.63) is 29.8 Å². The van der Waals surface area contributed by atoms with Gasteiger partial charge in [0.05, 0.1) is 5.69 Å². The number of nitrogens with zero attached hydrogens (tertiary/aromatic N) is 2. The lowest BCUT2D eigenvalue weighted by molar-refractivity contribution is -0.0115.